The van der Waals surface area contributed by atoms with Crippen molar-refractivity contribution in [3.05, 3.63) is 41.8 Å². The van der Waals surface area contributed by atoms with Crippen LogP contribution in [0.4, 0.5) is 0 Å². The molecular formula is C18H27IN4OS. The fourth-order valence-electron chi connectivity index (χ4n) is 1.98. The van der Waals surface area contributed by atoms with Gasteiger partial charge < -0.3 is 15.1 Å². The van der Waals surface area contributed by atoms with Crippen molar-refractivity contribution in [1.29, 1.82) is 0 Å². The number of aromatic nitrogens is 1. The number of aliphatic imine (C=N–C) groups is 1. The lowest BCUT2D eigenvalue weighted by molar-refractivity contribution is 0.572. The van der Waals surface area contributed by atoms with E-state index in [1.165, 1.54) is 5.56 Å². The molecule has 5 nitrogen and oxygen atoms in total. The quantitative estimate of drug-likeness (QED) is 0.376. The molecule has 0 spiro atoms. The fraction of sp³-hybridized carbons (Fsp3) is 0.444. The first-order chi connectivity index (χ1) is 11.4. The first-order valence-corrected chi connectivity index (χ1v) is 9.17. The van der Waals surface area contributed by atoms with Crippen LogP contribution in [0.3, 0.4) is 0 Å². The molecule has 1 aromatic heterocycles. The van der Waals surface area contributed by atoms with Gasteiger partial charge in [0.2, 0.25) is 5.89 Å². The van der Waals surface area contributed by atoms with Gasteiger partial charge in [-0.25, -0.2) is 4.98 Å². The maximum Gasteiger partial charge on any atom is 0.226 e. The van der Waals surface area contributed by atoms with Crippen molar-refractivity contribution in [3.8, 4) is 11.5 Å². The highest BCUT2D eigenvalue weighted by Crippen LogP contribution is 2.20. The Morgan fingerprint density at radius 2 is 1.92 bits per heavy atom. The Kier molecular flexibility index (Phi) is 8.78. The number of hydrogen-bond acceptors (Lipinski definition) is 4. The molecule has 0 radical (unpaired) electrons. The van der Waals surface area contributed by atoms with Crippen LogP contribution in [-0.4, -0.2) is 35.5 Å². The van der Waals surface area contributed by atoms with Gasteiger partial charge >= 0.3 is 0 Å². The van der Waals surface area contributed by atoms with Crippen LogP contribution in [0.15, 0.2) is 39.9 Å². The van der Waals surface area contributed by atoms with Crippen LogP contribution in [0.1, 0.15) is 25.1 Å². The molecule has 7 heteroatoms. The Balaban J connectivity index is 0.00000312. The molecule has 0 amide bonds. The van der Waals surface area contributed by atoms with Crippen molar-refractivity contribution in [2.75, 3.05) is 19.8 Å². The number of hydrogen-bond donors (Lipinski definition) is 2. The summed E-state index contributed by atoms with van der Waals surface area (Å²) in [5.41, 5.74) is 3.05. The van der Waals surface area contributed by atoms with E-state index in [0.29, 0.717) is 12.4 Å². The molecule has 0 bridgehead atoms. The molecule has 0 aliphatic heterocycles. The van der Waals surface area contributed by atoms with Gasteiger partial charge in [-0.3, -0.25) is 4.99 Å². The zero-order valence-electron chi connectivity index (χ0n) is 15.4. The molecule has 0 saturated heterocycles. The molecule has 0 saturated carbocycles. The second kappa shape index (κ2) is 10.1. The number of oxazole rings is 1. The second-order valence-electron chi connectivity index (χ2n) is 6.25. The molecule has 2 aromatic rings. The van der Waals surface area contributed by atoms with E-state index in [2.05, 4.69) is 59.8 Å². The van der Waals surface area contributed by atoms with Crippen molar-refractivity contribution in [2.45, 2.75) is 32.1 Å². The average molecular weight is 474 g/mol. The van der Waals surface area contributed by atoms with Gasteiger partial charge in [0.15, 0.2) is 5.96 Å². The van der Waals surface area contributed by atoms with Crippen LogP contribution < -0.4 is 10.6 Å². The van der Waals surface area contributed by atoms with Crippen molar-refractivity contribution < 1.29 is 4.42 Å². The number of guanidine groups is 1. The highest BCUT2D eigenvalue weighted by atomic mass is 127. The Morgan fingerprint density at radius 3 is 2.52 bits per heavy atom. The van der Waals surface area contributed by atoms with Crippen molar-refractivity contribution >= 4 is 41.7 Å². The molecule has 2 N–H and O–H groups in total. The summed E-state index contributed by atoms with van der Waals surface area (Å²) >= 11 is 1.82. The molecule has 138 valence electrons. The largest absolute Gasteiger partial charge is 0.444 e. The summed E-state index contributed by atoms with van der Waals surface area (Å²) in [6.45, 7) is 7.86. The molecule has 0 aliphatic rings. The summed E-state index contributed by atoms with van der Waals surface area (Å²) in [7, 11) is 1.77. The highest BCUT2D eigenvalue weighted by molar-refractivity contribution is 14.0. The number of aryl methyl sites for hydroxylation is 1. The molecule has 0 aliphatic carbocycles. The van der Waals surface area contributed by atoms with Crippen LogP contribution in [-0.2, 0) is 6.54 Å². The summed E-state index contributed by atoms with van der Waals surface area (Å²) in [6.07, 6.45) is 3.79. The zero-order valence-corrected chi connectivity index (χ0v) is 18.6. The summed E-state index contributed by atoms with van der Waals surface area (Å²) < 4.78 is 5.73. The zero-order chi connectivity index (χ0) is 17.6. The van der Waals surface area contributed by atoms with Gasteiger partial charge in [0.1, 0.15) is 6.26 Å². The topological polar surface area (TPSA) is 62.5 Å². The standard InChI is InChI=1S/C18H26N4OS.HI/c1-13-6-8-14(9-7-13)16-22-15(11-23-16)10-20-17(19-4)21-12-18(2,3)24-5;/h6-9,11H,10,12H2,1-5H3,(H2,19,20,21);1H. The van der Waals surface area contributed by atoms with Gasteiger partial charge in [-0.1, -0.05) is 17.7 Å². The monoisotopic (exact) mass is 474 g/mol. The summed E-state index contributed by atoms with van der Waals surface area (Å²) in [4.78, 5) is 8.77. The molecule has 1 aromatic carbocycles. The van der Waals surface area contributed by atoms with Crippen LogP contribution in [0.2, 0.25) is 0 Å². The van der Waals surface area contributed by atoms with Gasteiger partial charge in [-0.2, -0.15) is 11.8 Å². The Labute approximate surface area is 171 Å². The third-order valence-corrected chi connectivity index (χ3v) is 4.99. The van der Waals surface area contributed by atoms with Gasteiger partial charge in [0.25, 0.3) is 0 Å². The predicted octanol–water partition coefficient (Wildman–Crippen LogP) is 4.07. The molecule has 0 unspecified atom stereocenters. The lowest BCUT2D eigenvalue weighted by Crippen LogP contribution is -2.43. The SMILES string of the molecule is CN=C(NCc1coc(-c2ccc(C)cc2)n1)NCC(C)(C)SC.I. The number of rotatable bonds is 6. The van der Waals surface area contributed by atoms with Gasteiger partial charge in [0.05, 0.1) is 12.2 Å². The predicted molar refractivity (Wildman–Crippen MR) is 118 cm³/mol. The van der Waals surface area contributed by atoms with E-state index in [4.69, 9.17) is 4.42 Å². The third kappa shape index (κ3) is 6.89. The van der Waals surface area contributed by atoms with Crippen molar-refractivity contribution in [1.82, 2.24) is 15.6 Å². The van der Waals surface area contributed by atoms with E-state index in [1.54, 1.807) is 13.3 Å². The molecule has 2 rings (SSSR count). The number of benzene rings is 1. The number of thioether (sulfide) groups is 1. The first-order valence-electron chi connectivity index (χ1n) is 7.94. The summed E-state index contributed by atoms with van der Waals surface area (Å²) in [5.74, 6) is 1.40. The number of halogens is 1. The van der Waals surface area contributed by atoms with E-state index in [1.807, 2.05) is 23.9 Å². The van der Waals surface area contributed by atoms with E-state index in [-0.39, 0.29) is 28.7 Å². The maximum absolute atomic E-state index is 5.57. The number of nitrogens with zero attached hydrogens (tertiary/aromatic N) is 2. The van der Waals surface area contributed by atoms with E-state index < -0.39 is 0 Å². The van der Waals surface area contributed by atoms with E-state index in [0.717, 1.165) is 23.8 Å². The van der Waals surface area contributed by atoms with Gasteiger partial charge in [-0.05, 0) is 39.2 Å². The van der Waals surface area contributed by atoms with Crippen LogP contribution >= 0.6 is 35.7 Å². The van der Waals surface area contributed by atoms with Crippen molar-refractivity contribution in [2.24, 2.45) is 4.99 Å². The normalized spacial score (nSPS) is 11.8. The smallest absolute Gasteiger partial charge is 0.226 e. The lowest BCUT2D eigenvalue weighted by atomic mass is 10.1. The van der Waals surface area contributed by atoms with Gasteiger partial charge in [-0.15, -0.1) is 24.0 Å². The highest BCUT2D eigenvalue weighted by Gasteiger charge is 2.16. The second-order valence-corrected chi connectivity index (χ2v) is 7.77. The third-order valence-electron chi connectivity index (χ3n) is 3.74. The molecule has 0 fully saturated rings. The molecule has 1 heterocycles. The Bertz CT molecular complexity index is 683. The Morgan fingerprint density at radius 1 is 1.24 bits per heavy atom. The van der Waals surface area contributed by atoms with E-state index >= 15 is 0 Å². The fourth-order valence-corrected chi connectivity index (χ4v) is 2.20. The minimum Gasteiger partial charge on any atom is -0.444 e. The maximum atomic E-state index is 5.57. The molecular weight excluding hydrogens is 447 g/mol. The summed E-state index contributed by atoms with van der Waals surface area (Å²) in [6, 6.07) is 8.14. The average Bonchev–Trinajstić information content (AvgIpc) is 3.04. The minimum absolute atomic E-state index is 0. The molecule has 0 atom stereocenters. The molecule has 25 heavy (non-hydrogen) atoms. The van der Waals surface area contributed by atoms with Crippen LogP contribution in [0.5, 0.6) is 0 Å². The summed E-state index contributed by atoms with van der Waals surface area (Å²) in [5, 5.41) is 6.60. The first kappa shape index (κ1) is 21.8. The van der Waals surface area contributed by atoms with Crippen LogP contribution in [0.25, 0.3) is 11.5 Å². The van der Waals surface area contributed by atoms with Crippen LogP contribution in [0, 0.1) is 6.92 Å². The number of nitrogens with one attached hydrogen (secondary N) is 2. The van der Waals surface area contributed by atoms with E-state index in [9.17, 15) is 0 Å². The van der Waals surface area contributed by atoms with Gasteiger partial charge in [0, 0.05) is 23.9 Å². The lowest BCUT2D eigenvalue weighted by Gasteiger charge is -2.23. The van der Waals surface area contributed by atoms with Crippen molar-refractivity contribution in [3.63, 3.8) is 0 Å². The minimum atomic E-state index is 0. The Hall–Kier alpha value is -1.22.